The monoisotopic (exact) mass is 258 g/mol. The van der Waals surface area contributed by atoms with E-state index in [-0.39, 0.29) is 24.4 Å². The highest BCUT2D eigenvalue weighted by atomic mass is 16.2. The Morgan fingerprint density at radius 3 is 2.53 bits per heavy atom. The highest BCUT2D eigenvalue weighted by Crippen LogP contribution is 2.36. The molecule has 2 amide bonds. The molecule has 0 radical (unpaired) electrons. The number of carbonyl (C=O) groups excluding carboxylic acids is 2. The Balaban J connectivity index is 1.84. The molecular formula is C15H18N2O2. The smallest absolute Gasteiger partial charge is 0.250 e. The van der Waals surface area contributed by atoms with E-state index in [1.165, 1.54) is 12.8 Å². The normalized spacial score (nSPS) is 25.1. The summed E-state index contributed by atoms with van der Waals surface area (Å²) >= 11 is 0. The van der Waals surface area contributed by atoms with E-state index in [2.05, 4.69) is 12.2 Å². The van der Waals surface area contributed by atoms with Crippen LogP contribution in [0.15, 0.2) is 30.3 Å². The second-order valence-electron chi connectivity index (χ2n) is 5.46. The van der Waals surface area contributed by atoms with Gasteiger partial charge in [-0.05, 0) is 31.2 Å². The summed E-state index contributed by atoms with van der Waals surface area (Å²) in [6.07, 6.45) is 2.34. The van der Waals surface area contributed by atoms with E-state index in [1.54, 1.807) is 4.90 Å². The summed E-state index contributed by atoms with van der Waals surface area (Å²) in [6, 6.07) is 9.09. The highest BCUT2D eigenvalue weighted by Gasteiger charge is 2.40. The zero-order valence-corrected chi connectivity index (χ0v) is 11.0. The van der Waals surface area contributed by atoms with E-state index in [0.29, 0.717) is 5.92 Å². The van der Waals surface area contributed by atoms with Gasteiger partial charge in [-0.1, -0.05) is 30.3 Å². The molecule has 1 aliphatic heterocycles. The van der Waals surface area contributed by atoms with Gasteiger partial charge < -0.3 is 10.2 Å². The molecule has 0 bridgehead atoms. The van der Waals surface area contributed by atoms with Crippen LogP contribution in [0.2, 0.25) is 0 Å². The molecule has 4 heteroatoms. The largest absolute Gasteiger partial charge is 0.339 e. The maximum atomic E-state index is 12.6. The predicted molar refractivity (Wildman–Crippen MR) is 71.2 cm³/mol. The van der Waals surface area contributed by atoms with E-state index in [9.17, 15) is 9.59 Å². The molecule has 4 nitrogen and oxygen atoms in total. The summed E-state index contributed by atoms with van der Waals surface area (Å²) < 4.78 is 0. The molecule has 1 aromatic carbocycles. The van der Waals surface area contributed by atoms with Crippen LogP contribution < -0.4 is 5.32 Å². The molecule has 1 saturated carbocycles. The van der Waals surface area contributed by atoms with Crippen molar-refractivity contribution in [1.82, 2.24) is 10.2 Å². The molecule has 1 aromatic rings. The van der Waals surface area contributed by atoms with Crippen molar-refractivity contribution >= 4 is 11.8 Å². The van der Waals surface area contributed by atoms with Gasteiger partial charge in [0, 0.05) is 6.04 Å². The number of piperazine rings is 1. The van der Waals surface area contributed by atoms with E-state index in [0.717, 1.165) is 5.56 Å². The number of nitrogens with zero attached hydrogens (tertiary/aromatic N) is 1. The molecule has 19 heavy (non-hydrogen) atoms. The van der Waals surface area contributed by atoms with Gasteiger partial charge in [0.2, 0.25) is 5.91 Å². The van der Waals surface area contributed by atoms with Crippen LogP contribution in [0.25, 0.3) is 0 Å². The minimum atomic E-state index is -0.524. The fraction of sp³-hybridized carbons (Fsp3) is 0.467. The first-order valence-electron chi connectivity index (χ1n) is 6.81. The number of carbonyl (C=O) groups is 2. The van der Waals surface area contributed by atoms with E-state index in [4.69, 9.17) is 0 Å². The average molecular weight is 258 g/mol. The Morgan fingerprint density at radius 1 is 1.21 bits per heavy atom. The second-order valence-corrected chi connectivity index (χ2v) is 5.46. The van der Waals surface area contributed by atoms with Crippen molar-refractivity contribution in [3.05, 3.63) is 35.9 Å². The van der Waals surface area contributed by atoms with Crippen LogP contribution in [0.5, 0.6) is 0 Å². The first-order valence-corrected chi connectivity index (χ1v) is 6.81. The average Bonchev–Trinajstić information content (AvgIpc) is 3.26. The van der Waals surface area contributed by atoms with Crippen molar-refractivity contribution in [3.8, 4) is 0 Å². The Bertz CT molecular complexity index is 496. The summed E-state index contributed by atoms with van der Waals surface area (Å²) in [5.74, 6) is 0.525. The van der Waals surface area contributed by atoms with Crippen LogP contribution in [0, 0.1) is 5.92 Å². The third-order valence-electron chi connectivity index (χ3n) is 4.08. The van der Waals surface area contributed by atoms with E-state index in [1.807, 2.05) is 30.3 Å². The first-order chi connectivity index (χ1) is 9.16. The lowest BCUT2D eigenvalue weighted by atomic mass is 10.0. The molecule has 2 atom stereocenters. The summed E-state index contributed by atoms with van der Waals surface area (Å²) in [7, 11) is 0. The van der Waals surface area contributed by atoms with Crippen LogP contribution in [0.1, 0.15) is 31.4 Å². The molecule has 0 aromatic heterocycles. The topological polar surface area (TPSA) is 49.4 Å². The molecule has 1 aliphatic carbocycles. The second kappa shape index (κ2) is 4.68. The lowest BCUT2D eigenvalue weighted by Crippen LogP contribution is -2.56. The molecule has 3 rings (SSSR count). The van der Waals surface area contributed by atoms with Crippen molar-refractivity contribution < 1.29 is 9.59 Å². The third kappa shape index (κ3) is 2.35. The zero-order valence-electron chi connectivity index (χ0n) is 11.0. The zero-order chi connectivity index (χ0) is 13.4. The van der Waals surface area contributed by atoms with Crippen molar-refractivity contribution in [1.29, 1.82) is 0 Å². The van der Waals surface area contributed by atoms with Gasteiger partial charge in [-0.3, -0.25) is 9.59 Å². The van der Waals surface area contributed by atoms with Gasteiger partial charge in [-0.15, -0.1) is 0 Å². The van der Waals surface area contributed by atoms with Gasteiger partial charge in [0.05, 0.1) is 6.54 Å². The Labute approximate surface area is 112 Å². The third-order valence-corrected chi connectivity index (χ3v) is 4.08. The van der Waals surface area contributed by atoms with Crippen LogP contribution >= 0.6 is 0 Å². The number of rotatable bonds is 3. The van der Waals surface area contributed by atoms with Gasteiger partial charge in [0.1, 0.15) is 6.04 Å². The molecular weight excluding hydrogens is 240 g/mol. The highest BCUT2D eigenvalue weighted by molar-refractivity contribution is 5.95. The number of nitrogens with one attached hydrogen (secondary N) is 1. The Morgan fingerprint density at radius 2 is 1.89 bits per heavy atom. The fourth-order valence-electron chi connectivity index (χ4n) is 2.72. The minimum absolute atomic E-state index is 0.0187. The van der Waals surface area contributed by atoms with Gasteiger partial charge >= 0.3 is 0 Å². The number of hydrogen-bond donors (Lipinski definition) is 1. The molecule has 2 aliphatic rings. The summed E-state index contributed by atoms with van der Waals surface area (Å²) in [5, 5.41) is 2.80. The standard InChI is InChI=1S/C15H18N2O2/c1-10(11-7-8-11)17-9-13(18)16-14(15(17)19)12-5-3-2-4-6-12/h2-6,10-11,14H,7-9H2,1H3,(H,16,18). The molecule has 2 fully saturated rings. The van der Waals surface area contributed by atoms with Crippen LogP contribution in [0.4, 0.5) is 0 Å². The van der Waals surface area contributed by atoms with Crippen molar-refractivity contribution in [2.75, 3.05) is 6.54 Å². The van der Waals surface area contributed by atoms with Crippen LogP contribution in [-0.4, -0.2) is 29.3 Å². The van der Waals surface area contributed by atoms with Gasteiger partial charge in [0.15, 0.2) is 0 Å². The SMILES string of the molecule is CC(C1CC1)N1CC(=O)NC(c2ccccc2)C1=O. The van der Waals surface area contributed by atoms with E-state index < -0.39 is 6.04 Å². The summed E-state index contributed by atoms with van der Waals surface area (Å²) in [5.41, 5.74) is 0.855. The van der Waals surface area contributed by atoms with Crippen molar-refractivity contribution in [2.45, 2.75) is 31.8 Å². The molecule has 1 N–H and O–H groups in total. The Hall–Kier alpha value is -1.84. The van der Waals surface area contributed by atoms with Crippen molar-refractivity contribution in [3.63, 3.8) is 0 Å². The summed E-state index contributed by atoms with van der Waals surface area (Å²) in [6.45, 7) is 2.25. The van der Waals surface area contributed by atoms with Crippen LogP contribution in [0.3, 0.4) is 0 Å². The van der Waals surface area contributed by atoms with Crippen molar-refractivity contribution in [2.24, 2.45) is 5.92 Å². The number of benzene rings is 1. The molecule has 2 unspecified atom stereocenters. The summed E-state index contributed by atoms with van der Waals surface area (Å²) in [4.78, 5) is 26.1. The minimum Gasteiger partial charge on any atom is -0.339 e. The van der Waals surface area contributed by atoms with Gasteiger partial charge in [0.25, 0.3) is 5.91 Å². The number of amides is 2. The van der Waals surface area contributed by atoms with Crippen LogP contribution in [-0.2, 0) is 9.59 Å². The lowest BCUT2D eigenvalue weighted by Gasteiger charge is -2.36. The molecule has 1 heterocycles. The van der Waals surface area contributed by atoms with Gasteiger partial charge in [-0.25, -0.2) is 0 Å². The van der Waals surface area contributed by atoms with Gasteiger partial charge in [-0.2, -0.15) is 0 Å². The fourth-order valence-corrected chi connectivity index (χ4v) is 2.72. The number of hydrogen-bond acceptors (Lipinski definition) is 2. The Kier molecular flexibility index (Phi) is 3.01. The predicted octanol–water partition coefficient (Wildman–Crippen LogP) is 1.48. The lowest BCUT2D eigenvalue weighted by molar-refractivity contribution is -0.147. The molecule has 1 saturated heterocycles. The quantitative estimate of drug-likeness (QED) is 0.893. The van der Waals surface area contributed by atoms with E-state index >= 15 is 0 Å². The maximum absolute atomic E-state index is 12.6. The molecule has 0 spiro atoms. The maximum Gasteiger partial charge on any atom is 0.250 e. The first kappa shape index (κ1) is 12.2. The molecule has 100 valence electrons.